The van der Waals surface area contributed by atoms with E-state index in [1.165, 1.54) is 6.92 Å². The van der Waals surface area contributed by atoms with Gasteiger partial charge in [0.05, 0.1) is 0 Å². The van der Waals surface area contributed by atoms with Gasteiger partial charge < -0.3 is 14.9 Å². The molecule has 0 saturated carbocycles. The van der Waals surface area contributed by atoms with E-state index in [4.69, 9.17) is 14.9 Å². The van der Waals surface area contributed by atoms with E-state index < -0.39 is 12.1 Å². The van der Waals surface area contributed by atoms with Crippen molar-refractivity contribution in [2.75, 3.05) is 6.61 Å². The molecule has 4 nitrogen and oxygen atoms in total. The van der Waals surface area contributed by atoms with Crippen LogP contribution in [0, 0.1) is 0 Å². The van der Waals surface area contributed by atoms with Gasteiger partial charge in [-0.1, -0.05) is 0 Å². The van der Waals surface area contributed by atoms with Crippen LogP contribution in [0.1, 0.15) is 20.3 Å². The van der Waals surface area contributed by atoms with Crippen molar-refractivity contribution in [2.45, 2.75) is 32.5 Å². The molecule has 11 heavy (non-hydrogen) atoms. The molecule has 0 fully saturated rings. The Morgan fingerprint density at radius 3 is 2.45 bits per heavy atom. The van der Waals surface area contributed by atoms with Crippen molar-refractivity contribution < 1.29 is 19.7 Å². The lowest BCUT2D eigenvalue weighted by molar-refractivity contribution is -0.157. The number of hydrogen-bond acceptors (Lipinski definition) is 4. The molecule has 0 rings (SSSR count). The lowest BCUT2D eigenvalue weighted by Gasteiger charge is -2.12. The molecule has 0 aromatic rings. The fourth-order valence-corrected chi connectivity index (χ4v) is 0.537. The Bertz CT molecular complexity index is 122. The Balaban J connectivity index is 3.57. The molecule has 4 heteroatoms. The summed E-state index contributed by atoms with van der Waals surface area (Å²) >= 11 is 0. The van der Waals surface area contributed by atoms with Gasteiger partial charge in [0.2, 0.25) is 0 Å². The first-order valence-electron chi connectivity index (χ1n) is 3.57. The fraction of sp³-hybridized carbons (Fsp3) is 0.857. The van der Waals surface area contributed by atoms with Gasteiger partial charge in [0.25, 0.3) is 0 Å². The molecule has 2 atom stereocenters. The van der Waals surface area contributed by atoms with E-state index in [2.05, 4.69) is 0 Å². The standard InChI is InChI=1S/C7H14O4/c1-5(3-4-8)11-7(10)6(2)9/h5-6,8-9H,3-4H2,1-2H3. The van der Waals surface area contributed by atoms with Crippen LogP contribution in [0.2, 0.25) is 0 Å². The van der Waals surface area contributed by atoms with Crippen LogP contribution in [-0.2, 0) is 9.53 Å². The molecule has 2 unspecified atom stereocenters. The first-order valence-corrected chi connectivity index (χ1v) is 3.57. The minimum Gasteiger partial charge on any atom is -0.461 e. The van der Waals surface area contributed by atoms with E-state index in [1.54, 1.807) is 6.92 Å². The zero-order chi connectivity index (χ0) is 8.85. The monoisotopic (exact) mass is 162 g/mol. The van der Waals surface area contributed by atoms with Crippen molar-refractivity contribution in [1.29, 1.82) is 0 Å². The summed E-state index contributed by atoms with van der Waals surface area (Å²) < 4.78 is 4.70. The van der Waals surface area contributed by atoms with Crippen LogP contribution in [0.15, 0.2) is 0 Å². The maximum absolute atomic E-state index is 10.7. The summed E-state index contributed by atoms with van der Waals surface area (Å²) in [6.45, 7) is 2.98. The van der Waals surface area contributed by atoms with Gasteiger partial charge in [0, 0.05) is 13.0 Å². The molecule has 0 bridgehead atoms. The maximum Gasteiger partial charge on any atom is 0.334 e. The molecule has 0 amide bonds. The zero-order valence-electron chi connectivity index (χ0n) is 6.78. The van der Waals surface area contributed by atoms with Gasteiger partial charge >= 0.3 is 5.97 Å². The van der Waals surface area contributed by atoms with Crippen molar-refractivity contribution in [3.63, 3.8) is 0 Å². The van der Waals surface area contributed by atoms with Crippen LogP contribution >= 0.6 is 0 Å². The quantitative estimate of drug-likeness (QED) is 0.556. The number of aliphatic hydroxyl groups is 2. The van der Waals surface area contributed by atoms with Gasteiger partial charge in [-0.2, -0.15) is 0 Å². The molecule has 0 aliphatic heterocycles. The average molecular weight is 162 g/mol. The minimum atomic E-state index is -1.09. The molecule has 66 valence electrons. The minimum absolute atomic E-state index is 0.0196. The Kier molecular flexibility index (Phi) is 4.81. The van der Waals surface area contributed by atoms with Gasteiger partial charge in [-0.15, -0.1) is 0 Å². The van der Waals surface area contributed by atoms with E-state index in [0.29, 0.717) is 6.42 Å². The van der Waals surface area contributed by atoms with Crippen LogP contribution in [0.5, 0.6) is 0 Å². The third kappa shape index (κ3) is 4.75. The normalized spacial score (nSPS) is 15.6. The summed E-state index contributed by atoms with van der Waals surface area (Å²) in [5, 5.41) is 17.1. The average Bonchev–Trinajstić information content (AvgIpc) is 1.87. The van der Waals surface area contributed by atoms with Crippen molar-refractivity contribution >= 4 is 5.97 Å². The first-order chi connectivity index (χ1) is 5.07. The highest BCUT2D eigenvalue weighted by atomic mass is 16.6. The zero-order valence-corrected chi connectivity index (χ0v) is 6.78. The van der Waals surface area contributed by atoms with Gasteiger partial charge in [-0.05, 0) is 13.8 Å². The molecule has 0 heterocycles. The Morgan fingerprint density at radius 2 is 2.09 bits per heavy atom. The number of ether oxygens (including phenoxy) is 1. The SMILES string of the molecule is CC(CCO)OC(=O)C(C)O. The Morgan fingerprint density at radius 1 is 1.55 bits per heavy atom. The highest BCUT2D eigenvalue weighted by molar-refractivity contribution is 5.73. The van der Waals surface area contributed by atoms with Crippen molar-refractivity contribution in [3.05, 3.63) is 0 Å². The third-order valence-corrected chi connectivity index (χ3v) is 1.19. The van der Waals surface area contributed by atoms with Gasteiger partial charge in [-0.25, -0.2) is 4.79 Å². The smallest absolute Gasteiger partial charge is 0.334 e. The van der Waals surface area contributed by atoms with Crippen LogP contribution in [0.25, 0.3) is 0 Å². The summed E-state index contributed by atoms with van der Waals surface area (Å²) in [5.41, 5.74) is 0. The molecular weight excluding hydrogens is 148 g/mol. The summed E-state index contributed by atoms with van der Waals surface area (Å²) in [4.78, 5) is 10.7. The molecule has 0 saturated heterocycles. The molecular formula is C7H14O4. The first kappa shape index (κ1) is 10.4. The number of carbonyl (C=O) groups is 1. The maximum atomic E-state index is 10.7. The Hall–Kier alpha value is -0.610. The predicted molar refractivity (Wildman–Crippen MR) is 38.9 cm³/mol. The van der Waals surface area contributed by atoms with Crippen LogP contribution in [0.4, 0.5) is 0 Å². The lowest BCUT2D eigenvalue weighted by Crippen LogP contribution is -2.24. The van der Waals surface area contributed by atoms with E-state index in [0.717, 1.165) is 0 Å². The number of carbonyl (C=O) groups excluding carboxylic acids is 1. The number of aliphatic hydroxyl groups excluding tert-OH is 2. The van der Waals surface area contributed by atoms with E-state index in [1.807, 2.05) is 0 Å². The highest BCUT2D eigenvalue weighted by Gasteiger charge is 2.13. The summed E-state index contributed by atoms with van der Waals surface area (Å²) in [5.74, 6) is -0.647. The van der Waals surface area contributed by atoms with Crippen LogP contribution in [-0.4, -0.2) is 35.0 Å². The second-order valence-electron chi connectivity index (χ2n) is 2.44. The van der Waals surface area contributed by atoms with Crippen molar-refractivity contribution in [3.8, 4) is 0 Å². The molecule has 0 aliphatic carbocycles. The second-order valence-corrected chi connectivity index (χ2v) is 2.44. The van der Waals surface area contributed by atoms with Gasteiger partial charge in [0.15, 0.2) is 0 Å². The fourth-order valence-electron chi connectivity index (χ4n) is 0.537. The number of rotatable bonds is 4. The van der Waals surface area contributed by atoms with Crippen LogP contribution in [0.3, 0.4) is 0 Å². The van der Waals surface area contributed by atoms with Crippen molar-refractivity contribution in [2.24, 2.45) is 0 Å². The highest BCUT2D eigenvalue weighted by Crippen LogP contribution is 1.98. The number of esters is 1. The molecule has 0 aliphatic rings. The Labute approximate surface area is 65.8 Å². The largest absolute Gasteiger partial charge is 0.461 e. The summed E-state index contributed by atoms with van der Waals surface area (Å²) in [6, 6.07) is 0. The third-order valence-electron chi connectivity index (χ3n) is 1.19. The van der Waals surface area contributed by atoms with E-state index >= 15 is 0 Å². The lowest BCUT2D eigenvalue weighted by atomic mass is 10.3. The molecule has 0 aromatic heterocycles. The van der Waals surface area contributed by atoms with Crippen molar-refractivity contribution in [1.82, 2.24) is 0 Å². The van der Waals surface area contributed by atoms with Gasteiger partial charge in [-0.3, -0.25) is 0 Å². The summed E-state index contributed by atoms with van der Waals surface area (Å²) in [6.07, 6.45) is -1.02. The summed E-state index contributed by atoms with van der Waals surface area (Å²) in [7, 11) is 0. The number of hydrogen-bond donors (Lipinski definition) is 2. The predicted octanol–water partition coefficient (Wildman–Crippen LogP) is -0.319. The van der Waals surface area contributed by atoms with Gasteiger partial charge in [0.1, 0.15) is 12.2 Å². The molecule has 0 aromatic carbocycles. The molecule has 0 radical (unpaired) electrons. The van der Waals surface area contributed by atoms with Crippen LogP contribution < -0.4 is 0 Å². The topological polar surface area (TPSA) is 66.8 Å². The van der Waals surface area contributed by atoms with E-state index in [-0.39, 0.29) is 12.7 Å². The van der Waals surface area contributed by atoms with E-state index in [9.17, 15) is 4.79 Å². The molecule has 2 N–H and O–H groups in total. The second kappa shape index (κ2) is 5.09. The molecule has 0 spiro atoms.